The van der Waals surface area contributed by atoms with Crippen LogP contribution in [0.3, 0.4) is 0 Å². The van der Waals surface area contributed by atoms with Gasteiger partial charge in [-0.05, 0) is 36.6 Å². The van der Waals surface area contributed by atoms with Crippen molar-refractivity contribution >= 4 is 28.7 Å². The molecule has 22 heavy (non-hydrogen) atoms. The fourth-order valence-corrected chi connectivity index (χ4v) is 3.52. The van der Waals surface area contributed by atoms with E-state index in [4.69, 9.17) is 11.7 Å². The highest BCUT2D eigenvalue weighted by Crippen LogP contribution is 2.38. The molecule has 112 valence electrons. The molecule has 1 saturated heterocycles. The summed E-state index contributed by atoms with van der Waals surface area (Å²) >= 11 is 0.887. The number of anilines is 1. The molecule has 1 aromatic carbocycles. The van der Waals surface area contributed by atoms with E-state index in [0.717, 1.165) is 43.0 Å². The molecule has 1 fully saturated rings. The molecule has 1 aromatic heterocycles. The highest BCUT2D eigenvalue weighted by molar-refractivity contribution is 7.17. The van der Waals surface area contributed by atoms with Crippen molar-refractivity contribution in [3.63, 3.8) is 0 Å². The molecule has 0 unspecified atom stereocenters. The smallest absolute Gasteiger partial charge is 0.348 e. The van der Waals surface area contributed by atoms with E-state index >= 15 is 0 Å². The van der Waals surface area contributed by atoms with Crippen molar-refractivity contribution in [2.24, 2.45) is 0 Å². The van der Waals surface area contributed by atoms with E-state index in [1.807, 2.05) is 12.1 Å². The van der Waals surface area contributed by atoms with Crippen LogP contribution >= 0.6 is 11.3 Å². The summed E-state index contributed by atoms with van der Waals surface area (Å²) in [7, 11) is 0. The first-order valence-electron chi connectivity index (χ1n) is 6.89. The predicted octanol–water partition coefficient (Wildman–Crippen LogP) is 4.40. The molecule has 4 nitrogen and oxygen atoms in total. The van der Waals surface area contributed by atoms with Gasteiger partial charge < -0.3 is 10.0 Å². The molecular formula is C16H13FN2O2S. The van der Waals surface area contributed by atoms with Crippen LogP contribution in [0.2, 0.25) is 0 Å². The van der Waals surface area contributed by atoms with Crippen molar-refractivity contribution in [2.75, 3.05) is 18.0 Å². The highest BCUT2D eigenvalue weighted by Gasteiger charge is 2.19. The minimum absolute atomic E-state index is 0.303. The van der Waals surface area contributed by atoms with Crippen molar-refractivity contribution in [1.29, 1.82) is 0 Å². The Balaban J connectivity index is 2.00. The fraction of sp³-hybridized carbons (Fsp3) is 0.250. The molecule has 1 aliphatic heterocycles. The van der Waals surface area contributed by atoms with Crippen molar-refractivity contribution in [3.8, 4) is 10.4 Å². The second kappa shape index (κ2) is 5.78. The van der Waals surface area contributed by atoms with Crippen molar-refractivity contribution in [3.05, 3.63) is 46.4 Å². The molecule has 1 N–H and O–H groups in total. The van der Waals surface area contributed by atoms with Gasteiger partial charge in [-0.15, -0.1) is 11.3 Å². The molecule has 2 heterocycles. The van der Waals surface area contributed by atoms with Crippen LogP contribution in [0.1, 0.15) is 22.5 Å². The van der Waals surface area contributed by atoms with E-state index in [2.05, 4.69) is 9.74 Å². The van der Waals surface area contributed by atoms with Gasteiger partial charge in [-0.2, -0.15) is 0 Å². The highest BCUT2D eigenvalue weighted by atomic mass is 32.1. The van der Waals surface area contributed by atoms with Gasteiger partial charge in [0.15, 0.2) is 0 Å². The Morgan fingerprint density at radius 3 is 2.64 bits per heavy atom. The van der Waals surface area contributed by atoms with E-state index in [1.54, 1.807) is 6.07 Å². The Labute approximate surface area is 131 Å². The van der Waals surface area contributed by atoms with E-state index in [-0.39, 0.29) is 4.88 Å². The maximum absolute atomic E-state index is 13.6. The quantitative estimate of drug-likeness (QED) is 0.853. The normalized spacial score (nSPS) is 14.1. The maximum Gasteiger partial charge on any atom is 0.348 e. The molecule has 1 aliphatic rings. The number of hydrogen-bond acceptors (Lipinski definition) is 3. The number of carboxylic acid groups (broad SMARTS) is 1. The average Bonchev–Trinajstić information content (AvgIpc) is 3.15. The lowest BCUT2D eigenvalue weighted by molar-refractivity contribution is 0.0697. The van der Waals surface area contributed by atoms with Crippen LogP contribution in [-0.4, -0.2) is 24.2 Å². The van der Waals surface area contributed by atoms with Gasteiger partial charge in [0, 0.05) is 23.7 Å². The number of halogens is 1. The average molecular weight is 316 g/mol. The first kappa shape index (κ1) is 14.5. The Morgan fingerprint density at radius 1 is 1.32 bits per heavy atom. The summed E-state index contributed by atoms with van der Waals surface area (Å²) in [6.45, 7) is 9.24. The van der Waals surface area contributed by atoms with Gasteiger partial charge in [0.25, 0.3) is 0 Å². The molecule has 0 saturated carbocycles. The number of aromatic carboxylic acids is 1. The molecule has 6 heteroatoms. The van der Waals surface area contributed by atoms with Gasteiger partial charge in [0.1, 0.15) is 10.7 Å². The number of thiophene rings is 1. The van der Waals surface area contributed by atoms with Gasteiger partial charge in [-0.25, -0.2) is 14.0 Å². The van der Waals surface area contributed by atoms with Crippen LogP contribution in [0.25, 0.3) is 15.3 Å². The summed E-state index contributed by atoms with van der Waals surface area (Å²) in [6.07, 6.45) is 2.24. The van der Waals surface area contributed by atoms with Gasteiger partial charge in [0.2, 0.25) is 5.69 Å². The number of carboxylic acids is 1. The second-order valence-electron chi connectivity index (χ2n) is 5.10. The first-order valence-corrected chi connectivity index (χ1v) is 7.71. The SMILES string of the molecule is [C-]#[N+]c1cc(-c2cc(F)c(C(=O)O)s2)ccc1N1CCCC1. The lowest BCUT2D eigenvalue weighted by atomic mass is 10.1. The third kappa shape index (κ3) is 2.55. The van der Waals surface area contributed by atoms with Crippen LogP contribution in [-0.2, 0) is 0 Å². The lowest BCUT2D eigenvalue weighted by Crippen LogP contribution is -2.17. The topological polar surface area (TPSA) is 44.9 Å². The Hall–Kier alpha value is -2.39. The molecule has 0 aliphatic carbocycles. The van der Waals surface area contributed by atoms with E-state index in [1.165, 1.54) is 6.07 Å². The summed E-state index contributed by atoms with van der Waals surface area (Å²) in [5.41, 5.74) is 2.09. The number of carbonyl (C=O) groups is 1. The molecule has 0 spiro atoms. The van der Waals surface area contributed by atoms with Gasteiger partial charge in [-0.1, -0.05) is 6.07 Å². The third-order valence-electron chi connectivity index (χ3n) is 3.71. The van der Waals surface area contributed by atoms with Crippen LogP contribution in [0.5, 0.6) is 0 Å². The van der Waals surface area contributed by atoms with Gasteiger partial charge in [-0.3, -0.25) is 0 Å². The number of rotatable bonds is 3. The fourth-order valence-electron chi connectivity index (χ4n) is 2.65. The molecule has 2 aromatic rings. The Bertz CT molecular complexity index is 773. The molecular weight excluding hydrogens is 303 g/mol. The molecule has 3 rings (SSSR count). The maximum atomic E-state index is 13.6. The van der Waals surface area contributed by atoms with Gasteiger partial charge in [0.05, 0.1) is 6.57 Å². The van der Waals surface area contributed by atoms with Crippen molar-refractivity contribution in [1.82, 2.24) is 0 Å². The minimum Gasteiger partial charge on any atom is -0.477 e. The zero-order valence-corrected chi connectivity index (χ0v) is 12.5. The monoisotopic (exact) mass is 316 g/mol. The summed E-state index contributed by atoms with van der Waals surface area (Å²) in [6, 6.07) is 6.61. The first-order chi connectivity index (χ1) is 10.6. The zero-order valence-electron chi connectivity index (χ0n) is 11.7. The van der Waals surface area contributed by atoms with Crippen LogP contribution < -0.4 is 4.90 Å². The van der Waals surface area contributed by atoms with E-state index in [9.17, 15) is 9.18 Å². The van der Waals surface area contributed by atoms with Crippen LogP contribution in [0, 0.1) is 12.4 Å². The number of nitrogens with zero attached hydrogens (tertiary/aromatic N) is 2. The second-order valence-corrected chi connectivity index (χ2v) is 6.15. The lowest BCUT2D eigenvalue weighted by Gasteiger charge is -2.19. The Morgan fingerprint density at radius 2 is 2.05 bits per heavy atom. The minimum atomic E-state index is -1.27. The molecule has 0 amide bonds. The largest absolute Gasteiger partial charge is 0.477 e. The van der Waals surface area contributed by atoms with Crippen LogP contribution in [0.4, 0.5) is 15.8 Å². The molecule has 0 bridgehead atoms. The van der Waals surface area contributed by atoms with E-state index < -0.39 is 11.8 Å². The van der Waals surface area contributed by atoms with Gasteiger partial charge >= 0.3 is 5.97 Å². The number of benzene rings is 1. The van der Waals surface area contributed by atoms with Crippen molar-refractivity contribution < 1.29 is 14.3 Å². The molecule has 0 radical (unpaired) electrons. The van der Waals surface area contributed by atoms with Crippen LogP contribution in [0.15, 0.2) is 24.3 Å². The predicted molar refractivity (Wildman–Crippen MR) is 84.4 cm³/mol. The van der Waals surface area contributed by atoms with E-state index in [0.29, 0.717) is 16.1 Å². The van der Waals surface area contributed by atoms with Crippen molar-refractivity contribution in [2.45, 2.75) is 12.8 Å². The zero-order chi connectivity index (χ0) is 15.7. The third-order valence-corrected chi connectivity index (χ3v) is 4.86. The molecule has 0 atom stereocenters. The summed E-state index contributed by atoms with van der Waals surface area (Å²) in [5, 5.41) is 8.93. The summed E-state index contributed by atoms with van der Waals surface area (Å²) < 4.78 is 13.6. The Kier molecular flexibility index (Phi) is 3.82. The summed E-state index contributed by atoms with van der Waals surface area (Å²) in [5.74, 6) is -2.01. The number of hydrogen-bond donors (Lipinski definition) is 1. The standard InChI is InChI=1S/C16H13FN2O2S/c1-18-12-8-10(4-5-13(12)19-6-2-3-7-19)14-9-11(17)15(22-14)16(20)21/h4-5,8-9H,2-3,6-7H2,(H,20,21). The summed E-state index contributed by atoms with van der Waals surface area (Å²) in [4.78, 5) is 16.9.